The van der Waals surface area contributed by atoms with Gasteiger partial charge in [0, 0.05) is 57.5 Å². The molecule has 1 saturated carbocycles. The fourth-order valence-corrected chi connectivity index (χ4v) is 8.02. The van der Waals surface area contributed by atoms with Crippen LogP contribution in [0.15, 0.2) is 48.5 Å². The summed E-state index contributed by atoms with van der Waals surface area (Å²) in [6, 6.07) is 16.9. The first kappa shape index (κ1) is 33.6. The van der Waals surface area contributed by atoms with Crippen LogP contribution in [0.5, 0.6) is 0 Å². The van der Waals surface area contributed by atoms with Crippen LogP contribution in [0.2, 0.25) is 0 Å². The number of likely N-dealkylation sites (tertiary alicyclic amines) is 1. The summed E-state index contributed by atoms with van der Waals surface area (Å²) in [6.45, 7) is 12.0. The minimum absolute atomic E-state index is 0.0173. The van der Waals surface area contributed by atoms with Gasteiger partial charge in [-0.3, -0.25) is 14.5 Å². The predicted molar refractivity (Wildman–Crippen MR) is 175 cm³/mol. The molecule has 3 fully saturated rings. The van der Waals surface area contributed by atoms with E-state index in [0.29, 0.717) is 36.4 Å². The Labute approximate surface area is 269 Å². The van der Waals surface area contributed by atoms with E-state index in [1.54, 1.807) is 0 Å². The molecule has 5 atom stereocenters. The second-order valence-electron chi connectivity index (χ2n) is 14.8. The average molecular weight is 620 g/mol. The van der Waals surface area contributed by atoms with Gasteiger partial charge in [0.15, 0.2) is 6.29 Å². The summed E-state index contributed by atoms with van der Waals surface area (Å²) in [5.41, 5.74) is 4.74. The quantitative estimate of drug-likeness (QED) is 0.240. The summed E-state index contributed by atoms with van der Waals surface area (Å²) in [5, 5.41) is 15.4. The average Bonchev–Trinajstić information content (AvgIpc) is 3.24. The number of amides is 2. The monoisotopic (exact) mass is 619 g/mol. The zero-order valence-corrected chi connectivity index (χ0v) is 27.6. The van der Waals surface area contributed by atoms with Gasteiger partial charge >= 0.3 is 0 Å². The third-order valence-electron chi connectivity index (χ3n) is 9.77. The molecule has 1 aliphatic carbocycles. The third-order valence-corrected chi connectivity index (χ3v) is 9.77. The van der Waals surface area contributed by atoms with Crippen molar-refractivity contribution in [3.05, 3.63) is 70.8 Å². The summed E-state index contributed by atoms with van der Waals surface area (Å²) in [7, 11) is 0. The molecule has 3 aliphatic rings. The molecule has 2 heterocycles. The van der Waals surface area contributed by atoms with Crippen molar-refractivity contribution in [2.45, 2.75) is 117 Å². The summed E-state index contributed by atoms with van der Waals surface area (Å²) < 4.78 is 13.3. The van der Waals surface area contributed by atoms with Gasteiger partial charge in [0.1, 0.15) is 0 Å². The molecule has 8 nitrogen and oxygen atoms in total. The van der Waals surface area contributed by atoms with E-state index < -0.39 is 6.29 Å². The Balaban J connectivity index is 1.19. The van der Waals surface area contributed by atoms with Crippen molar-refractivity contribution in [2.75, 3.05) is 19.6 Å². The minimum Gasteiger partial charge on any atom is -0.392 e. The molecule has 2 bridgehead atoms. The first-order valence-corrected chi connectivity index (χ1v) is 16.9. The largest absolute Gasteiger partial charge is 0.392 e. The molecular formula is C37H53N3O5. The van der Waals surface area contributed by atoms with Crippen molar-refractivity contribution in [1.29, 1.82) is 0 Å². The standard InChI is InChI=1S/C37H53N3O5/c1-26(42)38-17-7-5-6-8-34(43)39-21-27-9-15-30(16-10-27)35-44-32(18-33(45-35)29-13-11-28(23-41)12-14-29)22-40-25-37(4)20-31(40)19-36(2,3)24-37/h9-16,31-33,35,41H,5-8,17-25H2,1-4H3,(H,38,42)(H,39,43)/t31?,32-,33+,35+,37?/m0/s1. The molecule has 2 unspecified atom stereocenters. The molecule has 3 N–H and O–H groups in total. The number of aliphatic hydroxyl groups excluding tert-OH is 1. The predicted octanol–water partition coefficient (Wildman–Crippen LogP) is 5.94. The number of hydrogen-bond donors (Lipinski definition) is 3. The number of nitrogens with one attached hydrogen (secondary N) is 2. The van der Waals surface area contributed by atoms with E-state index in [2.05, 4.69) is 60.6 Å². The zero-order chi connectivity index (χ0) is 32.0. The molecule has 2 amide bonds. The van der Waals surface area contributed by atoms with Crippen LogP contribution in [0, 0.1) is 10.8 Å². The molecule has 2 aromatic rings. The molecular weight excluding hydrogens is 566 g/mol. The fraction of sp³-hybridized carbons (Fsp3) is 0.622. The number of carbonyl (C=O) groups is 2. The lowest BCUT2D eigenvalue weighted by molar-refractivity contribution is -0.253. The van der Waals surface area contributed by atoms with Crippen molar-refractivity contribution in [3.63, 3.8) is 0 Å². The highest BCUT2D eigenvalue weighted by atomic mass is 16.7. The Morgan fingerprint density at radius 2 is 1.62 bits per heavy atom. The van der Waals surface area contributed by atoms with Crippen LogP contribution < -0.4 is 10.6 Å². The van der Waals surface area contributed by atoms with Gasteiger partial charge in [-0.05, 0) is 59.6 Å². The Kier molecular flexibility index (Phi) is 11.0. The van der Waals surface area contributed by atoms with Gasteiger partial charge in [-0.1, -0.05) is 75.7 Å². The van der Waals surface area contributed by atoms with Crippen LogP contribution in [-0.2, 0) is 32.2 Å². The lowest BCUT2D eigenvalue weighted by Gasteiger charge is -2.41. The first-order chi connectivity index (χ1) is 21.5. The first-order valence-electron chi connectivity index (χ1n) is 16.9. The van der Waals surface area contributed by atoms with Gasteiger partial charge < -0.3 is 25.2 Å². The van der Waals surface area contributed by atoms with E-state index >= 15 is 0 Å². The van der Waals surface area contributed by atoms with Crippen molar-refractivity contribution in [3.8, 4) is 0 Å². The molecule has 0 spiro atoms. The van der Waals surface area contributed by atoms with Crippen molar-refractivity contribution < 1.29 is 24.2 Å². The highest BCUT2D eigenvalue weighted by Gasteiger charge is 2.50. The molecule has 2 aromatic carbocycles. The minimum atomic E-state index is -0.485. The van der Waals surface area contributed by atoms with Crippen molar-refractivity contribution >= 4 is 11.8 Å². The molecule has 0 radical (unpaired) electrons. The molecule has 5 rings (SSSR count). The number of benzene rings is 2. The third kappa shape index (κ3) is 9.38. The van der Waals surface area contributed by atoms with Crippen LogP contribution in [0.25, 0.3) is 0 Å². The number of unbranched alkanes of at least 4 members (excludes halogenated alkanes) is 2. The molecule has 8 heteroatoms. The maximum atomic E-state index is 12.3. The Hall–Kier alpha value is -2.78. The van der Waals surface area contributed by atoms with Gasteiger partial charge in [0.05, 0.1) is 18.8 Å². The highest BCUT2D eigenvalue weighted by molar-refractivity contribution is 5.75. The maximum absolute atomic E-state index is 12.3. The summed E-state index contributed by atoms with van der Waals surface area (Å²) in [5.74, 6) is 0.0235. The summed E-state index contributed by atoms with van der Waals surface area (Å²) in [4.78, 5) is 26.0. The van der Waals surface area contributed by atoms with E-state index in [9.17, 15) is 14.7 Å². The van der Waals surface area contributed by atoms with Gasteiger partial charge in [-0.15, -0.1) is 0 Å². The Morgan fingerprint density at radius 1 is 0.911 bits per heavy atom. The number of nitrogens with zero attached hydrogens (tertiary/aromatic N) is 1. The number of ether oxygens (including phenoxy) is 2. The van der Waals surface area contributed by atoms with Gasteiger partial charge in [0.25, 0.3) is 0 Å². The van der Waals surface area contributed by atoms with E-state index in [1.165, 1.54) is 26.2 Å². The zero-order valence-electron chi connectivity index (χ0n) is 27.6. The number of aliphatic hydroxyl groups is 1. The molecule has 246 valence electrons. The van der Waals surface area contributed by atoms with Crippen LogP contribution in [0.1, 0.15) is 114 Å². The SMILES string of the molecule is CC(=O)NCCCCCC(=O)NCc1ccc([C@@H]2O[C@H](CN3CC4(C)CC3CC(C)(C)C4)C[C@H](c3ccc(CO)cc3)O2)cc1. The van der Waals surface area contributed by atoms with E-state index in [1.807, 2.05) is 24.3 Å². The number of fused-ring (bicyclic) bond motifs is 2. The van der Waals surface area contributed by atoms with Crippen molar-refractivity contribution in [2.24, 2.45) is 10.8 Å². The van der Waals surface area contributed by atoms with E-state index in [0.717, 1.165) is 61.0 Å². The lowest BCUT2D eigenvalue weighted by Crippen LogP contribution is -2.42. The van der Waals surface area contributed by atoms with Gasteiger partial charge in [-0.2, -0.15) is 0 Å². The van der Waals surface area contributed by atoms with E-state index in [4.69, 9.17) is 9.47 Å². The highest BCUT2D eigenvalue weighted by Crippen LogP contribution is 2.53. The second kappa shape index (κ2) is 14.8. The van der Waals surface area contributed by atoms with Crippen LogP contribution in [0.3, 0.4) is 0 Å². The van der Waals surface area contributed by atoms with E-state index in [-0.39, 0.29) is 30.6 Å². The molecule has 2 aliphatic heterocycles. The Bertz CT molecular complexity index is 1280. The fourth-order valence-electron chi connectivity index (χ4n) is 8.02. The molecule has 0 aromatic heterocycles. The summed E-state index contributed by atoms with van der Waals surface area (Å²) >= 11 is 0. The molecule has 2 saturated heterocycles. The number of rotatable bonds is 13. The van der Waals surface area contributed by atoms with Crippen LogP contribution in [0.4, 0.5) is 0 Å². The topological polar surface area (TPSA) is 100 Å². The van der Waals surface area contributed by atoms with Crippen LogP contribution in [-0.4, -0.2) is 53.6 Å². The second-order valence-corrected chi connectivity index (χ2v) is 14.8. The van der Waals surface area contributed by atoms with Gasteiger partial charge in [0.2, 0.25) is 11.8 Å². The smallest absolute Gasteiger partial charge is 0.220 e. The van der Waals surface area contributed by atoms with Crippen molar-refractivity contribution in [1.82, 2.24) is 15.5 Å². The number of hydrogen-bond acceptors (Lipinski definition) is 6. The van der Waals surface area contributed by atoms with Gasteiger partial charge in [-0.25, -0.2) is 0 Å². The van der Waals surface area contributed by atoms with Crippen LogP contribution >= 0.6 is 0 Å². The lowest BCUT2D eigenvalue weighted by atomic mass is 9.65. The Morgan fingerprint density at radius 3 is 2.33 bits per heavy atom. The maximum Gasteiger partial charge on any atom is 0.220 e. The normalized spacial score (nSPS) is 27.7. The molecule has 45 heavy (non-hydrogen) atoms. The summed E-state index contributed by atoms with van der Waals surface area (Å²) in [6.07, 6.45) is 7.09. The number of carbonyl (C=O) groups excluding carboxylic acids is 2.